The summed E-state index contributed by atoms with van der Waals surface area (Å²) >= 11 is 0.303. The van der Waals surface area contributed by atoms with Gasteiger partial charge in [-0.25, -0.2) is 4.98 Å². The number of alkyl halides is 2. The number of anilines is 1. The van der Waals surface area contributed by atoms with Gasteiger partial charge in [-0.15, -0.1) is 0 Å². The van der Waals surface area contributed by atoms with Crippen molar-refractivity contribution >= 4 is 23.4 Å². The molecule has 0 radical (unpaired) electrons. The van der Waals surface area contributed by atoms with Gasteiger partial charge in [0, 0.05) is 4.90 Å². The fourth-order valence-electron chi connectivity index (χ4n) is 1.73. The zero-order valence-electron chi connectivity index (χ0n) is 12.2. The van der Waals surface area contributed by atoms with Crippen LogP contribution >= 0.6 is 11.8 Å². The molecule has 0 atom stereocenters. The Labute approximate surface area is 135 Å². The number of carbonyl (C=O) groups is 1. The maximum Gasteiger partial charge on any atom is 0.319 e. The number of hydrogen-bond acceptors (Lipinski definition) is 6. The van der Waals surface area contributed by atoms with E-state index in [1.165, 1.54) is 32.5 Å². The van der Waals surface area contributed by atoms with Gasteiger partial charge in [0.05, 0.1) is 26.0 Å². The van der Waals surface area contributed by atoms with Crippen LogP contribution in [0.15, 0.2) is 35.4 Å². The maximum atomic E-state index is 12.6. The molecule has 0 unspecified atom stereocenters. The fourth-order valence-corrected chi connectivity index (χ4v) is 2.37. The standard InChI is InChI=1S/C14H13F2N3O3S/c1-21-12-9(7-17-14(19-12)22-2)18-11(20)8-5-3-4-6-10(8)23-13(15)16/h3-7,13H,1-2H3,(H,18,20). The average molecular weight is 341 g/mol. The van der Waals surface area contributed by atoms with E-state index < -0.39 is 11.7 Å². The summed E-state index contributed by atoms with van der Waals surface area (Å²) in [5.41, 5.74) is 0.325. The van der Waals surface area contributed by atoms with E-state index in [-0.39, 0.29) is 28.0 Å². The van der Waals surface area contributed by atoms with Gasteiger partial charge in [0.25, 0.3) is 11.7 Å². The summed E-state index contributed by atoms with van der Waals surface area (Å²) in [6.45, 7) is 0. The smallest absolute Gasteiger partial charge is 0.319 e. The number of benzene rings is 1. The molecule has 2 aromatic rings. The summed E-state index contributed by atoms with van der Waals surface area (Å²) < 4.78 is 35.1. The minimum Gasteiger partial charge on any atom is -0.479 e. The van der Waals surface area contributed by atoms with E-state index >= 15 is 0 Å². The molecule has 0 fully saturated rings. The predicted octanol–water partition coefficient (Wildman–Crippen LogP) is 3.06. The van der Waals surface area contributed by atoms with Crippen LogP contribution in [0.5, 0.6) is 11.9 Å². The van der Waals surface area contributed by atoms with Gasteiger partial charge in [-0.05, 0) is 12.1 Å². The van der Waals surface area contributed by atoms with Crippen LogP contribution in [0.1, 0.15) is 10.4 Å². The molecule has 23 heavy (non-hydrogen) atoms. The first-order chi connectivity index (χ1) is 11.0. The summed E-state index contributed by atoms with van der Waals surface area (Å²) in [5, 5.41) is 2.54. The first-order valence-corrected chi connectivity index (χ1v) is 7.23. The monoisotopic (exact) mass is 341 g/mol. The molecule has 0 saturated carbocycles. The zero-order chi connectivity index (χ0) is 16.8. The molecule has 9 heteroatoms. The van der Waals surface area contributed by atoms with Crippen LogP contribution in [-0.4, -0.2) is 35.9 Å². The molecule has 0 saturated heterocycles. The van der Waals surface area contributed by atoms with Crippen molar-refractivity contribution in [1.82, 2.24) is 9.97 Å². The highest BCUT2D eigenvalue weighted by molar-refractivity contribution is 7.99. The van der Waals surface area contributed by atoms with E-state index in [4.69, 9.17) is 9.47 Å². The third kappa shape index (κ3) is 4.28. The first kappa shape index (κ1) is 16.9. The second-order valence-electron chi connectivity index (χ2n) is 4.11. The normalized spacial score (nSPS) is 10.5. The Morgan fingerprint density at radius 3 is 2.65 bits per heavy atom. The van der Waals surface area contributed by atoms with Crippen molar-refractivity contribution < 1.29 is 23.0 Å². The van der Waals surface area contributed by atoms with Crippen molar-refractivity contribution in [2.45, 2.75) is 10.7 Å². The van der Waals surface area contributed by atoms with Gasteiger partial charge in [0.15, 0.2) is 0 Å². The highest BCUT2D eigenvalue weighted by Gasteiger charge is 2.17. The number of thioether (sulfide) groups is 1. The fraction of sp³-hybridized carbons (Fsp3) is 0.214. The molecule has 2 rings (SSSR count). The molecule has 122 valence electrons. The SMILES string of the molecule is COc1ncc(NC(=O)c2ccccc2SC(F)F)c(OC)n1. The number of amides is 1. The van der Waals surface area contributed by atoms with Crippen LogP contribution in [0.2, 0.25) is 0 Å². The number of carbonyl (C=O) groups excluding carboxylic acids is 1. The van der Waals surface area contributed by atoms with E-state index in [2.05, 4.69) is 15.3 Å². The molecule has 1 N–H and O–H groups in total. The quantitative estimate of drug-likeness (QED) is 0.814. The number of halogens is 2. The molecule has 1 aromatic carbocycles. The van der Waals surface area contributed by atoms with Crippen molar-refractivity contribution in [2.75, 3.05) is 19.5 Å². The average Bonchev–Trinajstić information content (AvgIpc) is 2.55. The molecule has 0 aliphatic heterocycles. The Kier molecular flexibility index (Phi) is 5.69. The molecule has 6 nitrogen and oxygen atoms in total. The topological polar surface area (TPSA) is 73.3 Å². The van der Waals surface area contributed by atoms with Crippen LogP contribution < -0.4 is 14.8 Å². The third-order valence-electron chi connectivity index (χ3n) is 2.70. The molecule has 0 bridgehead atoms. The summed E-state index contributed by atoms with van der Waals surface area (Å²) in [5.74, 6) is -3.09. The summed E-state index contributed by atoms with van der Waals surface area (Å²) in [7, 11) is 2.77. The largest absolute Gasteiger partial charge is 0.479 e. The number of rotatable bonds is 6. The Balaban J connectivity index is 2.26. The van der Waals surface area contributed by atoms with Crippen molar-refractivity contribution in [3.8, 4) is 11.9 Å². The van der Waals surface area contributed by atoms with E-state index in [0.29, 0.717) is 11.8 Å². The van der Waals surface area contributed by atoms with Crippen molar-refractivity contribution in [3.05, 3.63) is 36.0 Å². The minimum atomic E-state index is -2.62. The molecule has 1 heterocycles. The molecule has 1 amide bonds. The number of hydrogen-bond donors (Lipinski definition) is 1. The second-order valence-corrected chi connectivity index (χ2v) is 5.14. The zero-order valence-corrected chi connectivity index (χ0v) is 13.1. The van der Waals surface area contributed by atoms with E-state index in [1.54, 1.807) is 12.1 Å². The summed E-state index contributed by atoms with van der Waals surface area (Å²) in [4.78, 5) is 20.3. The van der Waals surface area contributed by atoms with Gasteiger partial charge in [0.2, 0.25) is 5.88 Å². The number of nitrogens with zero attached hydrogens (tertiary/aromatic N) is 2. The highest BCUT2D eigenvalue weighted by Crippen LogP contribution is 2.30. The Morgan fingerprint density at radius 1 is 1.26 bits per heavy atom. The second kappa shape index (κ2) is 7.73. The first-order valence-electron chi connectivity index (χ1n) is 6.35. The van der Waals surface area contributed by atoms with Gasteiger partial charge < -0.3 is 14.8 Å². The van der Waals surface area contributed by atoms with Gasteiger partial charge in [-0.2, -0.15) is 13.8 Å². The van der Waals surface area contributed by atoms with E-state index in [9.17, 15) is 13.6 Å². The van der Waals surface area contributed by atoms with Crippen LogP contribution in [0, 0.1) is 0 Å². The predicted molar refractivity (Wildman–Crippen MR) is 81.4 cm³/mol. The lowest BCUT2D eigenvalue weighted by Crippen LogP contribution is -2.14. The minimum absolute atomic E-state index is 0.0773. The van der Waals surface area contributed by atoms with Crippen LogP contribution in [0.4, 0.5) is 14.5 Å². The van der Waals surface area contributed by atoms with Crippen LogP contribution in [0.3, 0.4) is 0 Å². The lowest BCUT2D eigenvalue weighted by molar-refractivity contribution is 0.102. The van der Waals surface area contributed by atoms with E-state index in [0.717, 1.165) is 0 Å². The Hall–Kier alpha value is -2.42. The van der Waals surface area contributed by atoms with Crippen LogP contribution in [-0.2, 0) is 0 Å². The number of methoxy groups -OCH3 is 2. The molecular formula is C14H13F2N3O3S. The third-order valence-corrected chi connectivity index (χ3v) is 3.49. The number of ether oxygens (including phenoxy) is 2. The van der Waals surface area contributed by atoms with Gasteiger partial charge in [-0.1, -0.05) is 23.9 Å². The lowest BCUT2D eigenvalue weighted by atomic mass is 10.2. The summed E-state index contributed by atoms with van der Waals surface area (Å²) in [6, 6.07) is 6.16. The molecule has 1 aromatic heterocycles. The van der Waals surface area contributed by atoms with Gasteiger partial charge in [-0.3, -0.25) is 4.79 Å². The lowest BCUT2D eigenvalue weighted by Gasteiger charge is -2.11. The van der Waals surface area contributed by atoms with Crippen molar-refractivity contribution in [2.24, 2.45) is 0 Å². The number of aromatic nitrogens is 2. The van der Waals surface area contributed by atoms with E-state index in [1.807, 2.05) is 0 Å². The molecular weight excluding hydrogens is 328 g/mol. The molecule has 0 spiro atoms. The Bertz CT molecular complexity index is 701. The highest BCUT2D eigenvalue weighted by atomic mass is 32.2. The number of nitrogens with one attached hydrogen (secondary N) is 1. The van der Waals surface area contributed by atoms with Gasteiger partial charge >= 0.3 is 6.01 Å². The van der Waals surface area contributed by atoms with Crippen molar-refractivity contribution in [1.29, 1.82) is 0 Å². The molecule has 0 aliphatic carbocycles. The Morgan fingerprint density at radius 2 is 2.00 bits per heavy atom. The maximum absolute atomic E-state index is 12.6. The van der Waals surface area contributed by atoms with Crippen LogP contribution in [0.25, 0.3) is 0 Å². The van der Waals surface area contributed by atoms with Crippen molar-refractivity contribution in [3.63, 3.8) is 0 Å². The summed E-state index contributed by atoms with van der Waals surface area (Å²) in [6.07, 6.45) is 1.31. The van der Waals surface area contributed by atoms with Gasteiger partial charge in [0.1, 0.15) is 5.69 Å². The molecule has 0 aliphatic rings.